The molecule has 0 aliphatic carbocycles. The predicted molar refractivity (Wildman–Crippen MR) is 73.9 cm³/mol. The average molecular weight is 229 g/mol. The van der Waals surface area contributed by atoms with Gasteiger partial charge in [-0.05, 0) is 43.3 Å². The molecule has 0 saturated carbocycles. The molecule has 0 atom stereocenters. The Balaban J connectivity index is 0.000000686. The molecular weight excluding hydrogens is 210 g/mol. The molecular formula is C15H19NO. The highest BCUT2D eigenvalue weighted by Crippen LogP contribution is 2.19. The van der Waals surface area contributed by atoms with E-state index in [0.29, 0.717) is 0 Å². The van der Waals surface area contributed by atoms with E-state index in [1.54, 1.807) is 12.1 Å². The van der Waals surface area contributed by atoms with Crippen molar-refractivity contribution >= 4 is 11.4 Å². The van der Waals surface area contributed by atoms with E-state index in [9.17, 15) is 0 Å². The lowest BCUT2D eigenvalue weighted by Gasteiger charge is -2.06. The normalized spacial score (nSPS) is 9.12. The van der Waals surface area contributed by atoms with E-state index in [2.05, 4.69) is 24.4 Å². The molecule has 0 fully saturated rings. The number of hydrogen-bond donors (Lipinski definition) is 2. The number of phenolic OH excluding ortho intramolecular Hbond substituents is 1. The highest BCUT2D eigenvalue weighted by molar-refractivity contribution is 5.60. The zero-order valence-corrected chi connectivity index (χ0v) is 10.6. The molecule has 2 N–H and O–H groups in total. The molecule has 2 aromatic rings. The molecule has 2 rings (SSSR count). The van der Waals surface area contributed by atoms with Gasteiger partial charge in [-0.15, -0.1) is 0 Å². The quantitative estimate of drug-likeness (QED) is 0.745. The lowest BCUT2D eigenvalue weighted by atomic mass is 10.2. The number of phenols is 1. The van der Waals surface area contributed by atoms with E-state index >= 15 is 0 Å². The van der Waals surface area contributed by atoms with Crippen LogP contribution in [0.15, 0.2) is 48.5 Å². The van der Waals surface area contributed by atoms with Crippen molar-refractivity contribution in [1.29, 1.82) is 0 Å². The van der Waals surface area contributed by atoms with Gasteiger partial charge in [-0.3, -0.25) is 0 Å². The van der Waals surface area contributed by atoms with E-state index in [1.807, 2.05) is 38.1 Å². The van der Waals surface area contributed by atoms with Crippen molar-refractivity contribution in [2.75, 3.05) is 5.32 Å². The van der Waals surface area contributed by atoms with Crippen LogP contribution in [-0.4, -0.2) is 5.11 Å². The SMILES string of the molecule is CC.Cc1ccc(Nc2ccc(O)cc2)cc1. The molecule has 0 saturated heterocycles. The van der Waals surface area contributed by atoms with Gasteiger partial charge in [0, 0.05) is 11.4 Å². The van der Waals surface area contributed by atoms with Gasteiger partial charge in [0.2, 0.25) is 0 Å². The third kappa shape index (κ3) is 4.19. The van der Waals surface area contributed by atoms with Gasteiger partial charge in [-0.1, -0.05) is 31.5 Å². The van der Waals surface area contributed by atoms with Crippen LogP contribution < -0.4 is 5.32 Å². The van der Waals surface area contributed by atoms with E-state index in [4.69, 9.17) is 5.11 Å². The van der Waals surface area contributed by atoms with Crippen molar-refractivity contribution in [2.45, 2.75) is 20.8 Å². The number of anilines is 2. The van der Waals surface area contributed by atoms with Crippen LogP contribution >= 0.6 is 0 Å². The minimum Gasteiger partial charge on any atom is -0.508 e. The number of hydrogen-bond acceptors (Lipinski definition) is 2. The van der Waals surface area contributed by atoms with E-state index in [1.165, 1.54) is 5.56 Å². The minimum atomic E-state index is 0.282. The van der Waals surface area contributed by atoms with Crippen molar-refractivity contribution < 1.29 is 5.11 Å². The summed E-state index contributed by atoms with van der Waals surface area (Å²) in [6, 6.07) is 15.2. The maximum Gasteiger partial charge on any atom is 0.115 e. The van der Waals surface area contributed by atoms with Gasteiger partial charge in [0.05, 0.1) is 0 Å². The fourth-order valence-electron chi connectivity index (χ4n) is 1.35. The fraction of sp³-hybridized carbons (Fsp3) is 0.200. The predicted octanol–water partition coefficient (Wildman–Crippen LogP) is 4.47. The van der Waals surface area contributed by atoms with Gasteiger partial charge < -0.3 is 10.4 Å². The maximum absolute atomic E-state index is 9.13. The van der Waals surface area contributed by atoms with Crippen LogP contribution in [0.2, 0.25) is 0 Å². The van der Waals surface area contributed by atoms with Crippen molar-refractivity contribution in [2.24, 2.45) is 0 Å². The van der Waals surface area contributed by atoms with E-state index in [0.717, 1.165) is 11.4 Å². The number of benzene rings is 2. The fourth-order valence-corrected chi connectivity index (χ4v) is 1.35. The molecule has 0 bridgehead atoms. The summed E-state index contributed by atoms with van der Waals surface area (Å²) in [5.74, 6) is 0.282. The van der Waals surface area contributed by atoms with Crippen molar-refractivity contribution in [3.63, 3.8) is 0 Å². The molecule has 0 aromatic heterocycles. The summed E-state index contributed by atoms with van der Waals surface area (Å²) in [7, 11) is 0. The van der Waals surface area contributed by atoms with E-state index < -0.39 is 0 Å². The number of nitrogens with one attached hydrogen (secondary N) is 1. The minimum absolute atomic E-state index is 0.282. The Morgan fingerprint density at radius 3 is 1.65 bits per heavy atom. The first-order chi connectivity index (χ1) is 8.24. The Morgan fingerprint density at radius 2 is 1.18 bits per heavy atom. The van der Waals surface area contributed by atoms with Gasteiger partial charge >= 0.3 is 0 Å². The molecule has 2 nitrogen and oxygen atoms in total. The first-order valence-corrected chi connectivity index (χ1v) is 5.87. The number of rotatable bonds is 2. The Kier molecular flexibility index (Phi) is 5.08. The average Bonchev–Trinajstić information content (AvgIpc) is 2.37. The summed E-state index contributed by atoms with van der Waals surface area (Å²) < 4.78 is 0. The van der Waals surface area contributed by atoms with Crippen LogP contribution in [0.4, 0.5) is 11.4 Å². The third-order valence-corrected chi connectivity index (χ3v) is 2.21. The Hall–Kier alpha value is -1.96. The van der Waals surface area contributed by atoms with Crippen LogP contribution in [0.3, 0.4) is 0 Å². The molecule has 0 spiro atoms. The molecule has 0 unspecified atom stereocenters. The molecule has 0 radical (unpaired) electrons. The first kappa shape index (κ1) is 13.1. The summed E-state index contributed by atoms with van der Waals surface area (Å²) in [5.41, 5.74) is 3.26. The summed E-state index contributed by atoms with van der Waals surface area (Å²) in [6.45, 7) is 6.06. The van der Waals surface area contributed by atoms with Crippen LogP contribution in [0, 0.1) is 6.92 Å². The van der Waals surface area contributed by atoms with Gasteiger partial charge in [0.15, 0.2) is 0 Å². The molecule has 0 amide bonds. The number of aryl methyl sites for hydroxylation is 1. The van der Waals surface area contributed by atoms with Crippen molar-refractivity contribution in [1.82, 2.24) is 0 Å². The van der Waals surface area contributed by atoms with Crippen LogP contribution in [-0.2, 0) is 0 Å². The van der Waals surface area contributed by atoms with Crippen LogP contribution in [0.5, 0.6) is 5.75 Å². The third-order valence-electron chi connectivity index (χ3n) is 2.21. The van der Waals surface area contributed by atoms with Gasteiger partial charge in [-0.25, -0.2) is 0 Å². The molecule has 0 aliphatic rings. The standard InChI is InChI=1S/C13H13NO.C2H6/c1-10-2-4-11(5-3-10)14-12-6-8-13(15)9-7-12;1-2/h2-9,14-15H,1H3;1-2H3. The summed E-state index contributed by atoms with van der Waals surface area (Å²) in [4.78, 5) is 0. The van der Waals surface area contributed by atoms with Gasteiger partial charge in [0.1, 0.15) is 5.75 Å². The Labute approximate surface area is 103 Å². The Bertz CT molecular complexity index is 388. The lowest BCUT2D eigenvalue weighted by Crippen LogP contribution is -1.89. The summed E-state index contributed by atoms with van der Waals surface area (Å²) in [6.07, 6.45) is 0. The van der Waals surface area contributed by atoms with Gasteiger partial charge in [-0.2, -0.15) is 0 Å². The zero-order chi connectivity index (χ0) is 12.7. The second-order valence-corrected chi connectivity index (χ2v) is 3.54. The molecule has 2 aromatic carbocycles. The maximum atomic E-state index is 9.13. The highest BCUT2D eigenvalue weighted by atomic mass is 16.3. The Morgan fingerprint density at radius 1 is 0.765 bits per heavy atom. The summed E-state index contributed by atoms with van der Waals surface area (Å²) in [5, 5.41) is 12.4. The van der Waals surface area contributed by atoms with Gasteiger partial charge in [0.25, 0.3) is 0 Å². The smallest absolute Gasteiger partial charge is 0.115 e. The van der Waals surface area contributed by atoms with Crippen molar-refractivity contribution in [3.05, 3.63) is 54.1 Å². The van der Waals surface area contributed by atoms with Crippen molar-refractivity contribution in [3.8, 4) is 5.75 Å². The highest BCUT2D eigenvalue weighted by Gasteiger charge is 1.94. The molecule has 0 heterocycles. The molecule has 0 aliphatic heterocycles. The zero-order valence-electron chi connectivity index (χ0n) is 10.6. The second kappa shape index (κ2) is 6.59. The molecule has 90 valence electrons. The molecule has 2 heteroatoms. The summed E-state index contributed by atoms with van der Waals surface area (Å²) >= 11 is 0. The monoisotopic (exact) mass is 229 g/mol. The topological polar surface area (TPSA) is 32.3 Å². The lowest BCUT2D eigenvalue weighted by molar-refractivity contribution is 0.475. The second-order valence-electron chi connectivity index (χ2n) is 3.54. The van der Waals surface area contributed by atoms with Crippen LogP contribution in [0.1, 0.15) is 19.4 Å². The van der Waals surface area contributed by atoms with Crippen LogP contribution in [0.25, 0.3) is 0 Å². The largest absolute Gasteiger partial charge is 0.508 e. The van der Waals surface area contributed by atoms with E-state index in [-0.39, 0.29) is 5.75 Å². The number of aromatic hydroxyl groups is 1. The molecule has 17 heavy (non-hydrogen) atoms. The first-order valence-electron chi connectivity index (χ1n) is 5.87.